The molecule has 0 bridgehead atoms. The van der Waals surface area contributed by atoms with E-state index in [-0.39, 0.29) is 44.4 Å². The molecule has 0 aliphatic heterocycles. The fraction of sp³-hybridized carbons (Fsp3) is 0.493. The van der Waals surface area contributed by atoms with Gasteiger partial charge in [-0.3, -0.25) is 14.4 Å². The molecule has 6 heteroatoms. The van der Waals surface area contributed by atoms with Gasteiger partial charge in [0.2, 0.25) is 0 Å². The van der Waals surface area contributed by atoms with Gasteiger partial charge in [-0.05, 0) is 154 Å². The number of rotatable bonds is 49. The molecule has 0 saturated carbocycles. The molecule has 0 radical (unpaired) electrons. The van der Waals surface area contributed by atoms with Crippen LogP contribution >= 0.6 is 0 Å². The van der Waals surface area contributed by atoms with Crippen LogP contribution in [0.2, 0.25) is 0 Å². The van der Waals surface area contributed by atoms with E-state index >= 15 is 0 Å². The summed E-state index contributed by atoms with van der Waals surface area (Å²) in [6.45, 7) is 6.15. The first-order valence-corrected chi connectivity index (χ1v) is 28.9. The molecule has 0 N–H and O–H groups in total. The van der Waals surface area contributed by atoms with E-state index in [0.717, 1.165) is 148 Å². The lowest BCUT2D eigenvalue weighted by atomic mass is 10.1. The predicted molar refractivity (Wildman–Crippen MR) is 324 cm³/mol. The number of unbranched alkanes of at least 4 members (excludes halogenated alkanes) is 6. The highest BCUT2D eigenvalue weighted by molar-refractivity contribution is 5.71. The molecule has 0 aromatic heterocycles. The van der Waals surface area contributed by atoms with E-state index in [9.17, 15) is 14.4 Å². The van der Waals surface area contributed by atoms with Crippen LogP contribution in [0.1, 0.15) is 201 Å². The van der Waals surface area contributed by atoms with E-state index < -0.39 is 12.1 Å². The Hall–Kier alpha value is -5.75. The monoisotopic (exact) mass is 1030 g/mol. The van der Waals surface area contributed by atoms with Crippen molar-refractivity contribution in [3.8, 4) is 0 Å². The van der Waals surface area contributed by atoms with Crippen molar-refractivity contribution in [1.29, 1.82) is 0 Å². The first kappa shape index (κ1) is 69.2. The molecular formula is C69H102O6. The first-order chi connectivity index (χ1) is 37.0. The Bertz CT molecular complexity index is 1850. The SMILES string of the molecule is CC/C=C\C/C=C\C/C=C\C/C=C\C/C=C\C/C=C\C/C=C\CCCCCC(=O)OCC(COC(=O)CCCC/C=C\C/C=C\C/C=C\C/C=C\CC)OC(=O)CCC/C=C\C/C=C\C/C=C\C/C=C\C/C=C\CC. The maximum atomic E-state index is 12.8. The summed E-state index contributed by atoms with van der Waals surface area (Å²) in [7, 11) is 0. The van der Waals surface area contributed by atoms with Gasteiger partial charge in [0.15, 0.2) is 6.10 Å². The van der Waals surface area contributed by atoms with Crippen molar-refractivity contribution in [2.75, 3.05) is 13.2 Å². The average molecular weight is 1030 g/mol. The second-order valence-electron chi connectivity index (χ2n) is 18.0. The smallest absolute Gasteiger partial charge is 0.306 e. The van der Waals surface area contributed by atoms with E-state index in [4.69, 9.17) is 14.2 Å². The number of ether oxygens (including phenoxy) is 3. The van der Waals surface area contributed by atoms with Crippen molar-refractivity contribution in [1.82, 2.24) is 0 Å². The Labute approximate surface area is 458 Å². The second kappa shape index (κ2) is 60.8. The lowest BCUT2D eigenvalue weighted by Crippen LogP contribution is -2.30. The van der Waals surface area contributed by atoms with Crippen LogP contribution in [0, 0.1) is 0 Å². The minimum absolute atomic E-state index is 0.143. The van der Waals surface area contributed by atoms with Gasteiger partial charge < -0.3 is 14.2 Å². The molecular weight excluding hydrogens is 925 g/mol. The Morgan fingerprint density at radius 3 is 0.787 bits per heavy atom. The molecule has 0 aliphatic rings. The number of carbonyl (C=O) groups excluding carboxylic acids is 3. The second-order valence-corrected chi connectivity index (χ2v) is 18.0. The fourth-order valence-corrected chi connectivity index (χ4v) is 6.86. The van der Waals surface area contributed by atoms with Gasteiger partial charge in [0.1, 0.15) is 13.2 Å². The molecule has 0 spiro atoms. The van der Waals surface area contributed by atoms with E-state index in [1.807, 2.05) is 0 Å². The highest BCUT2D eigenvalue weighted by atomic mass is 16.6. The average Bonchev–Trinajstić information content (AvgIpc) is 3.41. The summed E-state index contributed by atoms with van der Waals surface area (Å²) >= 11 is 0. The van der Waals surface area contributed by atoms with Gasteiger partial charge in [-0.15, -0.1) is 0 Å². The molecule has 0 aromatic rings. The van der Waals surface area contributed by atoms with Gasteiger partial charge in [0, 0.05) is 19.3 Å². The third-order valence-electron chi connectivity index (χ3n) is 11.1. The standard InChI is InChI=1S/C69H102O6/c1-4-7-10-13-16-19-22-25-28-30-31-32-33-34-35-36-37-39-41-44-47-50-53-56-59-62-68(71)74-65-66(64-73-67(70)61-58-55-52-49-46-43-40-27-24-21-18-15-12-9-6-3)75-69(72)63-60-57-54-51-48-45-42-38-29-26-23-20-17-14-11-8-5-2/h7-12,16-21,25-29,31-32,34-35,37,39-40,42,44-47,49,51,54,66H,4-6,13-15,22-24,30,33,36,38,41,43,48,50,52-53,55-65H2,1-3H3/b10-7-,11-8-,12-9-,19-16-,20-17-,21-18-,28-25-,29-26-,32-31-,35-34-,39-37-,40-27-,45-42-,47-44-,49-46-,54-51-. The number of esters is 3. The molecule has 0 aromatic carbocycles. The van der Waals surface area contributed by atoms with Crippen molar-refractivity contribution in [3.05, 3.63) is 194 Å². The molecule has 414 valence electrons. The molecule has 0 heterocycles. The molecule has 1 atom stereocenters. The third-order valence-corrected chi connectivity index (χ3v) is 11.1. The highest BCUT2D eigenvalue weighted by Crippen LogP contribution is 2.10. The zero-order valence-electron chi connectivity index (χ0n) is 47.2. The number of carbonyl (C=O) groups is 3. The maximum absolute atomic E-state index is 12.8. The quantitative estimate of drug-likeness (QED) is 0.0261. The van der Waals surface area contributed by atoms with Gasteiger partial charge in [-0.25, -0.2) is 0 Å². The van der Waals surface area contributed by atoms with Crippen molar-refractivity contribution in [2.24, 2.45) is 0 Å². The van der Waals surface area contributed by atoms with Gasteiger partial charge in [0.25, 0.3) is 0 Å². The fourth-order valence-electron chi connectivity index (χ4n) is 6.86. The van der Waals surface area contributed by atoms with Crippen LogP contribution in [0.4, 0.5) is 0 Å². The van der Waals surface area contributed by atoms with Crippen LogP contribution in [-0.4, -0.2) is 37.2 Å². The molecule has 75 heavy (non-hydrogen) atoms. The first-order valence-electron chi connectivity index (χ1n) is 28.9. The summed E-state index contributed by atoms with van der Waals surface area (Å²) < 4.78 is 16.7. The molecule has 0 fully saturated rings. The van der Waals surface area contributed by atoms with Crippen LogP contribution in [0.5, 0.6) is 0 Å². The van der Waals surface area contributed by atoms with Gasteiger partial charge in [-0.2, -0.15) is 0 Å². The molecule has 0 aliphatic carbocycles. The molecule has 0 amide bonds. The van der Waals surface area contributed by atoms with E-state index in [2.05, 4.69) is 215 Å². The van der Waals surface area contributed by atoms with Crippen molar-refractivity contribution in [2.45, 2.75) is 207 Å². The minimum Gasteiger partial charge on any atom is -0.462 e. The van der Waals surface area contributed by atoms with Gasteiger partial charge >= 0.3 is 17.9 Å². The Morgan fingerprint density at radius 2 is 0.493 bits per heavy atom. The molecule has 0 rings (SSSR count). The van der Waals surface area contributed by atoms with Crippen LogP contribution < -0.4 is 0 Å². The number of allylic oxidation sites excluding steroid dienone is 32. The topological polar surface area (TPSA) is 78.9 Å². The van der Waals surface area contributed by atoms with Crippen LogP contribution in [0.25, 0.3) is 0 Å². The van der Waals surface area contributed by atoms with Crippen LogP contribution in [0.15, 0.2) is 194 Å². The summed E-state index contributed by atoms with van der Waals surface area (Å²) in [5, 5.41) is 0. The Morgan fingerprint density at radius 1 is 0.267 bits per heavy atom. The zero-order chi connectivity index (χ0) is 54.3. The maximum Gasteiger partial charge on any atom is 0.306 e. The summed E-state index contributed by atoms with van der Waals surface area (Å²) in [5.41, 5.74) is 0. The van der Waals surface area contributed by atoms with Crippen molar-refractivity contribution in [3.63, 3.8) is 0 Å². The summed E-state index contributed by atoms with van der Waals surface area (Å²) in [4.78, 5) is 38.2. The zero-order valence-corrected chi connectivity index (χ0v) is 47.2. The highest BCUT2D eigenvalue weighted by Gasteiger charge is 2.19. The predicted octanol–water partition coefficient (Wildman–Crippen LogP) is 19.9. The molecule has 1 unspecified atom stereocenters. The van der Waals surface area contributed by atoms with E-state index in [0.29, 0.717) is 12.8 Å². The van der Waals surface area contributed by atoms with Crippen molar-refractivity contribution < 1.29 is 28.6 Å². The number of hydrogen-bond acceptors (Lipinski definition) is 6. The van der Waals surface area contributed by atoms with E-state index in [1.54, 1.807) is 0 Å². The van der Waals surface area contributed by atoms with Gasteiger partial charge in [-0.1, -0.05) is 222 Å². The minimum atomic E-state index is -0.852. The lowest BCUT2D eigenvalue weighted by Gasteiger charge is -2.18. The molecule has 0 saturated heterocycles. The van der Waals surface area contributed by atoms with Crippen LogP contribution in [-0.2, 0) is 28.6 Å². The normalized spacial score (nSPS) is 13.6. The Balaban J connectivity index is 4.61. The molecule has 6 nitrogen and oxygen atoms in total. The van der Waals surface area contributed by atoms with E-state index in [1.165, 1.54) is 0 Å². The summed E-state index contributed by atoms with van der Waals surface area (Å²) in [6, 6.07) is 0. The van der Waals surface area contributed by atoms with Crippen LogP contribution in [0.3, 0.4) is 0 Å². The number of hydrogen-bond donors (Lipinski definition) is 0. The summed E-state index contributed by atoms with van der Waals surface area (Å²) in [6.07, 6.45) is 92.9. The third kappa shape index (κ3) is 59.0. The van der Waals surface area contributed by atoms with Gasteiger partial charge in [0.05, 0.1) is 0 Å². The van der Waals surface area contributed by atoms with Crippen molar-refractivity contribution >= 4 is 17.9 Å². The largest absolute Gasteiger partial charge is 0.462 e. The Kier molecular flexibility index (Phi) is 56.1. The lowest BCUT2D eigenvalue weighted by molar-refractivity contribution is -0.167. The summed E-state index contributed by atoms with van der Waals surface area (Å²) in [5.74, 6) is -1.09.